The van der Waals surface area contributed by atoms with E-state index < -0.39 is 23.5 Å². The fraction of sp³-hybridized carbons (Fsp3) is 0.522. The first-order valence-corrected chi connectivity index (χ1v) is 22.0. The molecule has 5 aliphatic rings. The number of nitrogens with zero attached hydrogens (tertiary/aromatic N) is 5. The van der Waals surface area contributed by atoms with Crippen molar-refractivity contribution in [3.8, 4) is 0 Å². The molecule has 9 nitrogen and oxygen atoms in total. The van der Waals surface area contributed by atoms with Crippen molar-refractivity contribution in [3.63, 3.8) is 0 Å². The van der Waals surface area contributed by atoms with E-state index in [0.29, 0.717) is 23.6 Å². The summed E-state index contributed by atoms with van der Waals surface area (Å²) in [7, 11) is 1.90. The molecular formula is C46H55BrF2N6O3. The first kappa shape index (κ1) is 40.6. The van der Waals surface area contributed by atoms with E-state index in [9.17, 15) is 14.4 Å². The molecule has 1 unspecified atom stereocenters. The van der Waals surface area contributed by atoms with Gasteiger partial charge < -0.3 is 14.7 Å². The highest BCUT2D eigenvalue weighted by atomic mass is 79.9. The number of anilines is 4. The van der Waals surface area contributed by atoms with Crippen LogP contribution in [0.15, 0.2) is 58.0 Å². The van der Waals surface area contributed by atoms with Gasteiger partial charge in [0.2, 0.25) is 12.3 Å². The van der Waals surface area contributed by atoms with E-state index in [4.69, 9.17) is 4.99 Å². The van der Waals surface area contributed by atoms with Gasteiger partial charge in [0, 0.05) is 80.7 Å². The predicted octanol–water partition coefficient (Wildman–Crippen LogP) is 8.90. The lowest BCUT2D eigenvalue weighted by molar-refractivity contribution is -0.125. The third kappa shape index (κ3) is 7.59. The number of aliphatic imine (C=N–C) groups is 1. The van der Waals surface area contributed by atoms with Gasteiger partial charge in [-0.25, -0.2) is 8.78 Å². The van der Waals surface area contributed by atoms with Crippen molar-refractivity contribution >= 4 is 63.1 Å². The van der Waals surface area contributed by atoms with Crippen LogP contribution < -0.4 is 20.0 Å². The minimum atomic E-state index is -0.584. The van der Waals surface area contributed by atoms with Gasteiger partial charge in [0.1, 0.15) is 17.5 Å². The number of fused-ring (bicyclic) bond motifs is 2. The number of carbonyl (C=O) groups excluding carboxylic acids is 3. The average molecular weight is 858 g/mol. The lowest BCUT2D eigenvalue weighted by atomic mass is 9.70. The molecule has 58 heavy (non-hydrogen) atoms. The summed E-state index contributed by atoms with van der Waals surface area (Å²) in [6, 6.07) is 15.9. The highest BCUT2D eigenvalue weighted by Crippen LogP contribution is 2.54. The van der Waals surface area contributed by atoms with E-state index in [2.05, 4.69) is 59.0 Å². The average Bonchev–Trinajstić information content (AvgIpc) is 3.47. The van der Waals surface area contributed by atoms with Crippen molar-refractivity contribution in [3.05, 3.63) is 81.3 Å². The normalized spacial score (nSPS) is 21.6. The summed E-state index contributed by atoms with van der Waals surface area (Å²) >= 11 is 3.64. The van der Waals surface area contributed by atoms with Crippen LogP contribution in [0.4, 0.5) is 31.5 Å². The standard InChI is InChI=1S/C46H55BrF2N6O3/c1-31(9-12-42(58)51-30-57)43-38(48)23-34(24-39(43)49)54-21-17-45(18-22-54)28-52(29-45)26-32-13-19-53(20-14-32)33-10-11-36-41(25-33)55(40-8-6-7-37(47)35(40)27-56)44(50-2)46(36)15-4-3-5-16-46/h6-8,10-11,23-25,27,30-32H,3-5,9,12-22,26,28-29H2,1-2H3,(H,51,57,58). The van der Waals surface area contributed by atoms with Gasteiger partial charge in [0.25, 0.3) is 0 Å². The molecule has 2 amide bonds. The van der Waals surface area contributed by atoms with E-state index >= 15 is 8.78 Å². The van der Waals surface area contributed by atoms with Gasteiger partial charge in [-0.2, -0.15) is 0 Å². The Labute approximate surface area is 349 Å². The number of rotatable bonds is 11. The summed E-state index contributed by atoms with van der Waals surface area (Å²) in [6.07, 6.45) is 11.6. The van der Waals surface area contributed by atoms with Crippen LogP contribution in [0.5, 0.6) is 0 Å². The number of hydrogen-bond acceptors (Lipinski definition) is 7. The number of amidine groups is 1. The second-order valence-electron chi connectivity index (χ2n) is 17.6. The van der Waals surface area contributed by atoms with Crippen molar-refractivity contribution in [1.82, 2.24) is 10.2 Å². The van der Waals surface area contributed by atoms with Crippen molar-refractivity contribution < 1.29 is 23.2 Å². The maximum atomic E-state index is 15.2. The second kappa shape index (κ2) is 16.8. The molecular weight excluding hydrogens is 802 g/mol. The van der Waals surface area contributed by atoms with Gasteiger partial charge in [-0.15, -0.1) is 0 Å². The Balaban J connectivity index is 0.863. The summed E-state index contributed by atoms with van der Waals surface area (Å²) in [5, 5.41) is 2.07. The molecule has 1 aliphatic carbocycles. The van der Waals surface area contributed by atoms with Gasteiger partial charge in [0.05, 0.1) is 22.4 Å². The fourth-order valence-corrected chi connectivity index (χ4v) is 11.4. The number of carbonyl (C=O) groups is 3. The molecule has 0 aromatic heterocycles. The zero-order valence-corrected chi connectivity index (χ0v) is 35.3. The number of aldehydes is 1. The van der Waals surface area contributed by atoms with Crippen molar-refractivity contribution in [2.24, 2.45) is 16.3 Å². The number of piperidine rings is 2. The number of amides is 2. The quantitative estimate of drug-likeness (QED) is 0.193. The number of benzene rings is 3. The third-order valence-corrected chi connectivity index (χ3v) is 14.8. The molecule has 1 saturated carbocycles. The van der Waals surface area contributed by atoms with E-state index in [-0.39, 0.29) is 29.2 Å². The molecule has 1 atom stereocenters. The lowest BCUT2D eigenvalue weighted by Crippen LogP contribution is -2.61. The molecule has 3 aromatic carbocycles. The second-order valence-corrected chi connectivity index (χ2v) is 18.4. The molecule has 12 heteroatoms. The highest BCUT2D eigenvalue weighted by molar-refractivity contribution is 9.10. The monoisotopic (exact) mass is 856 g/mol. The van der Waals surface area contributed by atoms with Crippen LogP contribution in [0.1, 0.15) is 105 Å². The summed E-state index contributed by atoms with van der Waals surface area (Å²) in [5.74, 6) is -0.416. The van der Waals surface area contributed by atoms with Crippen LogP contribution >= 0.6 is 15.9 Å². The van der Waals surface area contributed by atoms with E-state index in [0.717, 1.165) is 112 Å². The van der Waals surface area contributed by atoms with E-state index in [1.807, 2.05) is 25.2 Å². The van der Waals surface area contributed by atoms with Crippen LogP contribution in [0.25, 0.3) is 0 Å². The molecule has 3 aromatic rings. The summed E-state index contributed by atoms with van der Waals surface area (Å²) in [5.41, 5.74) is 5.94. The zero-order chi connectivity index (χ0) is 40.6. The minimum Gasteiger partial charge on any atom is -0.371 e. The first-order valence-electron chi connectivity index (χ1n) is 21.2. The molecule has 8 rings (SSSR count). The Morgan fingerprint density at radius 3 is 2.26 bits per heavy atom. The van der Waals surface area contributed by atoms with Gasteiger partial charge in [-0.3, -0.25) is 29.6 Å². The third-order valence-electron chi connectivity index (χ3n) is 14.1. The minimum absolute atomic E-state index is 0.00517. The lowest BCUT2D eigenvalue weighted by Gasteiger charge is -2.55. The Hall–Kier alpha value is -4.16. The Kier molecular flexibility index (Phi) is 11.8. The Morgan fingerprint density at radius 1 is 0.914 bits per heavy atom. The highest BCUT2D eigenvalue weighted by Gasteiger charge is 2.50. The van der Waals surface area contributed by atoms with Gasteiger partial charge >= 0.3 is 0 Å². The maximum Gasteiger partial charge on any atom is 0.226 e. The largest absolute Gasteiger partial charge is 0.371 e. The molecule has 2 spiro atoms. The fourth-order valence-electron chi connectivity index (χ4n) is 11.0. The van der Waals surface area contributed by atoms with Gasteiger partial charge in [0.15, 0.2) is 6.29 Å². The summed E-state index contributed by atoms with van der Waals surface area (Å²) in [4.78, 5) is 49.1. The number of imide groups is 1. The molecule has 0 radical (unpaired) electrons. The van der Waals surface area contributed by atoms with Crippen LogP contribution in [-0.2, 0) is 15.0 Å². The zero-order valence-electron chi connectivity index (χ0n) is 33.8. The van der Waals surface area contributed by atoms with Crippen LogP contribution in [0, 0.1) is 23.0 Å². The Morgan fingerprint density at radius 2 is 1.60 bits per heavy atom. The van der Waals surface area contributed by atoms with Gasteiger partial charge in [-0.05, 0) is 120 Å². The maximum absolute atomic E-state index is 15.2. The SMILES string of the molecule is CN=C1N(c2cccc(Br)c2C=O)c2cc(N3CCC(CN4CC5(CCN(c6cc(F)c(C(C)CCC(=O)NC=O)c(F)c6)CC5)C4)CC3)ccc2C12CCCCC2. The number of likely N-dealkylation sites (tertiary alicyclic amines) is 1. The van der Waals surface area contributed by atoms with Crippen molar-refractivity contribution in [1.29, 1.82) is 0 Å². The van der Waals surface area contributed by atoms with Crippen LogP contribution in [-0.4, -0.2) is 82.2 Å². The smallest absolute Gasteiger partial charge is 0.226 e. The molecule has 4 aliphatic heterocycles. The van der Waals surface area contributed by atoms with E-state index in [1.165, 1.54) is 42.6 Å². The number of hydrogen-bond donors (Lipinski definition) is 1. The molecule has 1 N–H and O–H groups in total. The summed E-state index contributed by atoms with van der Waals surface area (Å²) in [6.45, 7) is 8.54. The predicted molar refractivity (Wildman–Crippen MR) is 230 cm³/mol. The summed E-state index contributed by atoms with van der Waals surface area (Å²) < 4.78 is 31.2. The first-order chi connectivity index (χ1) is 28.1. The van der Waals surface area contributed by atoms with E-state index in [1.54, 1.807) is 6.92 Å². The molecule has 4 fully saturated rings. The van der Waals surface area contributed by atoms with Gasteiger partial charge in [-0.1, -0.05) is 38.3 Å². The van der Waals surface area contributed by atoms with Crippen molar-refractivity contribution in [2.45, 2.75) is 88.9 Å². The molecule has 4 heterocycles. The van der Waals surface area contributed by atoms with Crippen LogP contribution in [0.3, 0.4) is 0 Å². The molecule has 3 saturated heterocycles. The Bertz CT molecular complexity index is 2040. The number of halogens is 3. The van der Waals surface area contributed by atoms with Crippen molar-refractivity contribution in [2.75, 3.05) is 67.6 Å². The van der Waals surface area contributed by atoms with Crippen LogP contribution in [0.2, 0.25) is 0 Å². The molecule has 308 valence electrons. The number of nitrogens with one attached hydrogen (secondary N) is 1. The molecule has 0 bridgehead atoms. The topological polar surface area (TPSA) is 88.6 Å².